The van der Waals surface area contributed by atoms with Crippen LogP contribution in [0.1, 0.15) is 17.5 Å². The molecule has 0 saturated heterocycles. The first-order valence-electron chi connectivity index (χ1n) is 6.71. The number of aryl methyl sites for hydroxylation is 1. The lowest BCUT2D eigenvalue weighted by molar-refractivity contribution is -0.137. The van der Waals surface area contributed by atoms with E-state index in [-0.39, 0.29) is 24.3 Å². The number of para-hydroxylation sites is 1. The van der Waals surface area contributed by atoms with Crippen molar-refractivity contribution < 1.29 is 23.1 Å². The van der Waals surface area contributed by atoms with Crippen LogP contribution in [0.5, 0.6) is 5.75 Å². The molecule has 0 unspecified atom stereocenters. The quantitative estimate of drug-likeness (QED) is 0.850. The van der Waals surface area contributed by atoms with Crippen molar-refractivity contribution in [3.05, 3.63) is 58.6 Å². The number of amides is 1. The maximum absolute atomic E-state index is 12.8. The summed E-state index contributed by atoms with van der Waals surface area (Å²) in [5.41, 5.74) is -0.392. The molecule has 0 aromatic heterocycles. The number of phenolic OH excluding ortho intramolecular Hbond substituents is 1. The van der Waals surface area contributed by atoms with Crippen molar-refractivity contribution in [1.82, 2.24) is 0 Å². The Labute approximate surface area is 135 Å². The molecular weight excluding hydrogens is 331 g/mol. The number of rotatable bonds is 4. The van der Waals surface area contributed by atoms with Crippen molar-refractivity contribution in [1.29, 1.82) is 0 Å². The van der Waals surface area contributed by atoms with Crippen LogP contribution in [0, 0.1) is 0 Å². The molecule has 0 aliphatic carbocycles. The van der Waals surface area contributed by atoms with Gasteiger partial charge in [0.05, 0.1) is 10.6 Å². The SMILES string of the molecule is O=C(CCc1ccccc1O)Nc1ccc(Cl)c(C(F)(F)F)c1. The van der Waals surface area contributed by atoms with E-state index in [0.29, 0.717) is 5.56 Å². The Morgan fingerprint density at radius 1 is 1.17 bits per heavy atom. The molecule has 2 aromatic carbocycles. The summed E-state index contributed by atoms with van der Waals surface area (Å²) < 4.78 is 38.3. The third-order valence-corrected chi connectivity index (χ3v) is 3.50. The van der Waals surface area contributed by atoms with Crippen LogP contribution in [0.4, 0.5) is 18.9 Å². The minimum absolute atomic E-state index is 0.0176. The van der Waals surface area contributed by atoms with Crippen molar-refractivity contribution >= 4 is 23.2 Å². The molecule has 7 heteroatoms. The molecule has 0 bridgehead atoms. The highest BCUT2D eigenvalue weighted by molar-refractivity contribution is 6.31. The summed E-state index contributed by atoms with van der Waals surface area (Å²) in [7, 11) is 0. The number of aromatic hydroxyl groups is 1. The second-order valence-electron chi connectivity index (χ2n) is 4.87. The van der Waals surface area contributed by atoms with Gasteiger partial charge in [-0.25, -0.2) is 0 Å². The van der Waals surface area contributed by atoms with Gasteiger partial charge in [0.1, 0.15) is 5.75 Å². The van der Waals surface area contributed by atoms with E-state index in [4.69, 9.17) is 11.6 Å². The number of carbonyl (C=O) groups excluding carboxylic acids is 1. The van der Waals surface area contributed by atoms with Crippen LogP contribution in [0.25, 0.3) is 0 Å². The average molecular weight is 344 g/mol. The fourth-order valence-electron chi connectivity index (χ4n) is 2.01. The Bertz CT molecular complexity index is 717. The van der Waals surface area contributed by atoms with E-state index in [0.717, 1.165) is 12.1 Å². The highest BCUT2D eigenvalue weighted by Gasteiger charge is 2.33. The minimum atomic E-state index is -4.59. The smallest absolute Gasteiger partial charge is 0.417 e. The lowest BCUT2D eigenvalue weighted by atomic mass is 10.1. The topological polar surface area (TPSA) is 49.3 Å². The number of anilines is 1. The molecule has 0 radical (unpaired) electrons. The van der Waals surface area contributed by atoms with Gasteiger partial charge >= 0.3 is 6.18 Å². The fraction of sp³-hybridized carbons (Fsp3) is 0.188. The van der Waals surface area contributed by atoms with E-state index in [9.17, 15) is 23.1 Å². The fourth-order valence-corrected chi connectivity index (χ4v) is 2.24. The van der Waals surface area contributed by atoms with Gasteiger partial charge in [-0.05, 0) is 36.2 Å². The molecule has 122 valence electrons. The van der Waals surface area contributed by atoms with Crippen LogP contribution in [-0.4, -0.2) is 11.0 Å². The Balaban J connectivity index is 2.02. The Kier molecular flexibility index (Phi) is 5.15. The first kappa shape index (κ1) is 17.1. The van der Waals surface area contributed by atoms with Crippen LogP contribution in [-0.2, 0) is 17.4 Å². The molecule has 2 rings (SSSR count). The molecule has 0 spiro atoms. The van der Waals surface area contributed by atoms with Crippen molar-refractivity contribution in [2.75, 3.05) is 5.32 Å². The van der Waals surface area contributed by atoms with Crippen molar-refractivity contribution in [2.45, 2.75) is 19.0 Å². The van der Waals surface area contributed by atoms with Crippen LogP contribution in [0.2, 0.25) is 5.02 Å². The molecule has 2 aromatic rings. The van der Waals surface area contributed by atoms with Gasteiger partial charge in [-0.2, -0.15) is 13.2 Å². The van der Waals surface area contributed by atoms with Crippen LogP contribution >= 0.6 is 11.6 Å². The number of alkyl halides is 3. The summed E-state index contributed by atoms with van der Waals surface area (Å²) in [4.78, 5) is 11.8. The number of carbonyl (C=O) groups is 1. The van der Waals surface area contributed by atoms with Crippen molar-refractivity contribution in [2.24, 2.45) is 0 Å². The Hall–Kier alpha value is -2.21. The monoisotopic (exact) mass is 343 g/mol. The van der Waals surface area contributed by atoms with Crippen LogP contribution in [0.15, 0.2) is 42.5 Å². The van der Waals surface area contributed by atoms with E-state index in [1.165, 1.54) is 12.1 Å². The van der Waals surface area contributed by atoms with Crippen LogP contribution < -0.4 is 5.32 Å². The lowest BCUT2D eigenvalue weighted by Gasteiger charge is -2.12. The standard InChI is InChI=1S/C16H13ClF3NO2/c17-13-7-6-11(9-12(13)16(18,19)20)21-15(23)8-5-10-3-1-2-4-14(10)22/h1-4,6-7,9,22H,5,8H2,(H,21,23). The highest BCUT2D eigenvalue weighted by atomic mass is 35.5. The van der Waals surface area contributed by atoms with Gasteiger partial charge in [0.2, 0.25) is 5.91 Å². The summed E-state index contributed by atoms with van der Waals surface area (Å²) in [5, 5.41) is 11.6. The zero-order valence-corrected chi connectivity index (χ0v) is 12.6. The Morgan fingerprint density at radius 2 is 1.87 bits per heavy atom. The summed E-state index contributed by atoms with van der Waals surface area (Å²) >= 11 is 5.52. The molecule has 0 saturated carbocycles. The first-order valence-corrected chi connectivity index (χ1v) is 7.08. The molecule has 3 nitrogen and oxygen atoms in total. The molecular formula is C16H13ClF3NO2. The number of hydrogen-bond donors (Lipinski definition) is 2. The summed E-state index contributed by atoms with van der Waals surface area (Å²) in [5.74, 6) is -0.380. The molecule has 23 heavy (non-hydrogen) atoms. The largest absolute Gasteiger partial charge is 0.508 e. The van der Waals surface area contributed by atoms with E-state index in [1.807, 2.05) is 0 Å². The van der Waals surface area contributed by atoms with Gasteiger partial charge in [-0.3, -0.25) is 4.79 Å². The zero-order chi connectivity index (χ0) is 17.0. The molecule has 2 N–H and O–H groups in total. The third-order valence-electron chi connectivity index (χ3n) is 3.17. The van der Waals surface area contributed by atoms with Gasteiger partial charge in [0.15, 0.2) is 0 Å². The molecule has 0 atom stereocenters. The van der Waals surface area contributed by atoms with Crippen molar-refractivity contribution in [3.63, 3.8) is 0 Å². The second-order valence-corrected chi connectivity index (χ2v) is 5.28. The van der Waals surface area contributed by atoms with Crippen molar-refractivity contribution in [3.8, 4) is 5.75 Å². The number of hydrogen-bond acceptors (Lipinski definition) is 2. The maximum atomic E-state index is 12.8. The zero-order valence-electron chi connectivity index (χ0n) is 11.8. The number of phenols is 1. The van der Waals surface area contributed by atoms with Gasteiger partial charge in [-0.15, -0.1) is 0 Å². The normalized spacial score (nSPS) is 11.3. The third kappa shape index (κ3) is 4.63. The predicted octanol–water partition coefficient (Wildman–Crippen LogP) is 4.64. The van der Waals surface area contributed by atoms with Gasteiger partial charge in [0, 0.05) is 12.1 Å². The molecule has 0 heterocycles. The highest BCUT2D eigenvalue weighted by Crippen LogP contribution is 2.36. The molecule has 0 aliphatic heterocycles. The van der Waals surface area contributed by atoms with Gasteiger partial charge in [-0.1, -0.05) is 29.8 Å². The number of nitrogens with one attached hydrogen (secondary N) is 1. The number of halogens is 4. The summed E-state index contributed by atoms with van der Waals surface area (Å²) in [6.07, 6.45) is -4.28. The van der Waals surface area contributed by atoms with E-state index >= 15 is 0 Å². The summed E-state index contributed by atoms with van der Waals surface area (Å²) in [6, 6.07) is 9.74. The Morgan fingerprint density at radius 3 is 2.52 bits per heavy atom. The van der Waals surface area contributed by atoms with E-state index < -0.39 is 22.7 Å². The minimum Gasteiger partial charge on any atom is -0.508 e. The first-order chi connectivity index (χ1) is 10.8. The van der Waals surface area contributed by atoms with Gasteiger partial charge < -0.3 is 10.4 Å². The lowest BCUT2D eigenvalue weighted by Crippen LogP contribution is -2.14. The maximum Gasteiger partial charge on any atom is 0.417 e. The molecule has 0 aliphatic rings. The average Bonchev–Trinajstić information content (AvgIpc) is 2.47. The molecule has 0 fully saturated rings. The molecule has 1 amide bonds. The van der Waals surface area contributed by atoms with Crippen LogP contribution in [0.3, 0.4) is 0 Å². The summed E-state index contributed by atoms with van der Waals surface area (Å²) in [6.45, 7) is 0. The second kappa shape index (κ2) is 6.91. The van der Waals surface area contributed by atoms with E-state index in [2.05, 4.69) is 5.32 Å². The van der Waals surface area contributed by atoms with Gasteiger partial charge in [0.25, 0.3) is 0 Å². The number of benzene rings is 2. The predicted molar refractivity (Wildman–Crippen MR) is 81.5 cm³/mol. The van der Waals surface area contributed by atoms with E-state index in [1.54, 1.807) is 18.2 Å².